The molecule has 4 nitrogen and oxygen atoms in total. The van der Waals surface area contributed by atoms with E-state index < -0.39 is 0 Å². The first-order valence-corrected chi connectivity index (χ1v) is 8.87. The van der Waals surface area contributed by atoms with Crippen molar-refractivity contribution >= 4 is 5.91 Å². The van der Waals surface area contributed by atoms with E-state index in [-0.39, 0.29) is 17.8 Å². The molecule has 1 aromatic carbocycles. The number of nitrogens with zero attached hydrogens (tertiary/aromatic N) is 3. The molecule has 2 aliphatic heterocycles. The first-order chi connectivity index (χ1) is 12.2. The second kappa shape index (κ2) is 6.92. The van der Waals surface area contributed by atoms with Crippen LogP contribution in [0.25, 0.3) is 0 Å². The van der Waals surface area contributed by atoms with Crippen LogP contribution in [0.2, 0.25) is 0 Å². The number of amides is 1. The lowest BCUT2D eigenvalue weighted by atomic mass is 9.95. The fourth-order valence-corrected chi connectivity index (χ4v) is 4.15. The maximum absolute atomic E-state index is 13.1. The van der Waals surface area contributed by atoms with E-state index in [4.69, 9.17) is 0 Å². The lowest BCUT2D eigenvalue weighted by Gasteiger charge is -2.40. The summed E-state index contributed by atoms with van der Waals surface area (Å²) in [5.74, 6) is 0.0442. The molecule has 0 radical (unpaired) electrons. The SMILES string of the molecule is O=C1CC[C@@H]2[C@@H](CCN2Cc2ccc(F)cc2)N1Cc1cccnc1. The number of halogens is 1. The van der Waals surface area contributed by atoms with Crippen LogP contribution >= 0.6 is 0 Å². The minimum Gasteiger partial charge on any atom is -0.334 e. The number of aromatic nitrogens is 1. The summed E-state index contributed by atoms with van der Waals surface area (Å²) in [5.41, 5.74) is 2.20. The molecule has 2 aromatic rings. The Bertz CT molecular complexity index is 734. The lowest BCUT2D eigenvalue weighted by Crippen LogP contribution is -2.51. The van der Waals surface area contributed by atoms with Crippen LogP contribution in [-0.2, 0) is 17.9 Å². The Kier molecular flexibility index (Phi) is 4.49. The van der Waals surface area contributed by atoms with Crippen molar-refractivity contribution in [2.45, 2.75) is 44.4 Å². The van der Waals surface area contributed by atoms with E-state index in [1.54, 1.807) is 6.20 Å². The van der Waals surface area contributed by atoms with Gasteiger partial charge in [-0.1, -0.05) is 18.2 Å². The highest BCUT2D eigenvalue weighted by Gasteiger charge is 2.42. The molecule has 1 aromatic heterocycles. The molecule has 5 heteroatoms. The molecule has 2 atom stereocenters. The minimum atomic E-state index is -0.200. The third-order valence-electron chi connectivity index (χ3n) is 5.37. The van der Waals surface area contributed by atoms with Crippen molar-refractivity contribution in [3.63, 3.8) is 0 Å². The molecule has 2 saturated heterocycles. The topological polar surface area (TPSA) is 36.4 Å². The molecule has 0 aliphatic carbocycles. The predicted molar refractivity (Wildman–Crippen MR) is 93.0 cm³/mol. The Morgan fingerprint density at radius 1 is 1.04 bits per heavy atom. The van der Waals surface area contributed by atoms with Crippen LogP contribution in [0.1, 0.15) is 30.4 Å². The molecule has 2 aliphatic rings. The highest BCUT2D eigenvalue weighted by Crippen LogP contribution is 2.33. The van der Waals surface area contributed by atoms with Gasteiger partial charge in [-0.2, -0.15) is 0 Å². The van der Waals surface area contributed by atoms with E-state index in [1.807, 2.05) is 35.4 Å². The number of hydrogen-bond acceptors (Lipinski definition) is 3. The molecule has 0 spiro atoms. The number of carbonyl (C=O) groups is 1. The normalized spacial score (nSPS) is 23.7. The van der Waals surface area contributed by atoms with E-state index in [0.29, 0.717) is 19.0 Å². The maximum atomic E-state index is 13.1. The fraction of sp³-hybridized carbons (Fsp3) is 0.400. The number of hydrogen-bond donors (Lipinski definition) is 0. The molecule has 0 saturated carbocycles. The monoisotopic (exact) mass is 339 g/mol. The van der Waals surface area contributed by atoms with Gasteiger partial charge in [-0.05, 0) is 42.2 Å². The first-order valence-electron chi connectivity index (χ1n) is 8.87. The van der Waals surface area contributed by atoms with Crippen molar-refractivity contribution in [2.75, 3.05) is 6.54 Å². The zero-order valence-corrected chi connectivity index (χ0v) is 14.1. The molecule has 130 valence electrons. The van der Waals surface area contributed by atoms with E-state index in [1.165, 1.54) is 12.1 Å². The van der Waals surface area contributed by atoms with Gasteiger partial charge in [0.2, 0.25) is 5.91 Å². The third-order valence-corrected chi connectivity index (χ3v) is 5.37. The first kappa shape index (κ1) is 16.2. The Hall–Kier alpha value is -2.27. The van der Waals surface area contributed by atoms with Crippen molar-refractivity contribution in [2.24, 2.45) is 0 Å². The second-order valence-corrected chi connectivity index (χ2v) is 6.94. The van der Waals surface area contributed by atoms with Gasteiger partial charge >= 0.3 is 0 Å². The Morgan fingerprint density at radius 3 is 2.64 bits per heavy atom. The fourth-order valence-electron chi connectivity index (χ4n) is 4.15. The summed E-state index contributed by atoms with van der Waals surface area (Å²) >= 11 is 0. The number of pyridine rings is 1. The molecular formula is C20H22FN3O. The van der Waals surface area contributed by atoms with Crippen LogP contribution in [0, 0.1) is 5.82 Å². The van der Waals surface area contributed by atoms with Crippen molar-refractivity contribution < 1.29 is 9.18 Å². The quantitative estimate of drug-likeness (QED) is 0.859. The number of benzene rings is 1. The summed E-state index contributed by atoms with van der Waals surface area (Å²) in [5, 5.41) is 0. The van der Waals surface area contributed by atoms with Crippen LogP contribution in [-0.4, -0.2) is 39.3 Å². The second-order valence-electron chi connectivity index (χ2n) is 6.94. The van der Waals surface area contributed by atoms with E-state index in [0.717, 1.165) is 37.1 Å². The summed E-state index contributed by atoms with van der Waals surface area (Å²) in [6.45, 7) is 2.43. The summed E-state index contributed by atoms with van der Waals surface area (Å²) in [4.78, 5) is 21.1. The van der Waals surface area contributed by atoms with Crippen LogP contribution in [0.15, 0.2) is 48.8 Å². The Labute approximate surface area is 147 Å². The van der Waals surface area contributed by atoms with E-state index in [9.17, 15) is 9.18 Å². The molecule has 1 amide bonds. The van der Waals surface area contributed by atoms with Crippen molar-refractivity contribution in [3.05, 3.63) is 65.7 Å². The van der Waals surface area contributed by atoms with Gasteiger partial charge in [0.15, 0.2) is 0 Å². The van der Waals surface area contributed by atoms with E-state index >= 15 is 0 Å². The van der Waals surface area contributed by atoms with Gasteiger partial charge in [0, 0.05) is 50.5 Å². The number of likely N-dealkylation sites (tertiary alicyclic amines) is 2. The number of fused-ring (bicyclic) bond motifs is 1. The summed E-state index contributed by atoms with van der Waals surface area (Å²) < 4.78 is 13.1. The molecule has 4 rings (SSSR count). The molecule has 0 N–H and O–H groups in total. The molecule has 3 heterocycles. The molecule has 0 bridgehead atoms. The van der Waals surface area contributed by atoms with Crippen molar-refractivity contribution in [1.82, 2.24) is 14.8 Å². The molecule has 25 heavy (non-hydrogen) atoms. The molecule has 2 fully saturated rings. The largest absolute Gasteiger partial charge is 0.334 e. The summed E-state index contributed by atoms with van der Waals surface area (Å²) in [6.07, 6.45) is 6.10. The predicted octanol–water partition coefficient (Wildman–Crippen LogP) is 2.99. The van der Waals surface area contributed by atoms with Crippen molar-refractivity contribution in [1.29, 1.82) is 0 Å². The van der Waals surface area contributed by atoms with Crippen LogP contribution < -0.4 is 0 Å². The van der Waals surface area contributed by atoms with Gasteiger partial charge in [-0.25, -0.2) is 4.39 Å². The zero-order valence-electron chi connectivity index (χ0n) is 14.1. The van der Waals surface area contributed by atoms with Gasteiger partial charge in [-0.3, -0.25) is 14.7 Å². The van der Waals surface area contributed by atoms with Crippen LogP contribution in [0.3, 0.4) is 0 Å². The number of rotatable bonds is 4. The standard InChI is InChI=1S/C20H22FN3O/c21-17-5-3-15(4-6-17)13-23-11-9-19-18(23)7-8-20(25)24(19)14-16-2-1-10-22-12-16/h1-6,10,12,18-19H,7-9,11,13-14H2/t18-,19-/m1/s1. The summed E-state index contributed by atoms with van der Waals surface area (Å²) in [6, 6.07) is 11.3. The zero-order chi connectivity index (χ0) is 17.2. The van der Waals surface area contributed by atoms with Crippen LogP contribution in [0.4, 0.5) is 4.39 Å². The van der Waals surface area contributed by atoms with Gasteiger partial charge in [0.05, 0.1) is 0 Å². The summed E-state index contributed by atoms with van der Waals surface area (Å²) in [7, 11) is 0. The van der Waals surface area contributed by atoms with Crippen LogP contribution in [0.5, 0.6) is 0 Å². The number of piperidine rings is 1. The smallest absolute Gasteiger partial charge is 0.223 e. The Morgan fingerprint density at radius 2 is 1.88 bits per heavy atom. The highest BCUT2D eigenvalue weighted by atomic mass is 19.1. The average molecular weight is 339 g/mol. The van der Waals surface area contributed by atoms with E-state index in [2.05, 4.69) is 9.88 Å². The van der Waals surface area contributed by atoms with Gasteiger partial charge in [0.25, 0.3) is 0 Å². The lowest BCUT2D eigenvalue weighted by molar-refractivity contribution is -0.138. The maximum Gasteiger partial charge on any atom is 0.223 e. The van der Waals surface area contributed by atoms with Gasteiger partial charge in [-0.15, -0.1) is 0 Å². The average Bonchev–Trinajstić information content (AvgIpc) is 3.03. The Balaban J connectivity index is 1.48. The molecule has 0 unspecified atom stereocenters. The van der Waals surface area contributed by atoms with Gasteiger partial charge < -0.3 is 4.90 Å². The minimum absolute atomic E-state index is 0.200. The van der Waals surface area contributed by atoms with Crippen molar-refractivity contribution in [3.8, 4) is 0 Å². The third kappa shape index (κ3) is 3.42. The highest BCUT2D eigenvalue weighted by molar-refractivity contribution is 5.77. The van der Waals surface area contributed by atoms with Gasteiger partial charge in [0.1, 0.15) is 5.82 Å². The number of carbonyl (C=O) groups excluding carboxylic acids is 1. The molecular weight excluding hydrogens is 317 g/mol.